The Hall–Kier alpha value is -0.830. The molecular weight excluding hydrogens is 190 g/mol. The molecule has 0 spiro atoms. The molecule has 0 aromatic rings. The van der Waals surface area contributed by atoms with E-state index in [1.165, 1.54) is 12.8 Å². The van der Waals surface area contributed by atoms with E-state index in [2.05, 4.69) is 0 Å². The van der Waals surface area contributed by atoms with Crippen LogP contribution in [-0.4, -0.2) is 18.4 Å². The van der Waals surface area contributed by atoms with Gasteiger partial charge in [0.25, 0.3) is 0 Å². The van der Waals surface area contributed by atoms with Gasteiger partial charge in [-0.2, -0.15) is 0 Å². The van der Waals surface area contributed by atoms with Crippen LogP contribution in [-0.2, 0) is 9.53 Å². The van der Waals surface area contributed by atoms with Crippen molar-refractivity contribution in [1.29, 1.82) is 0 Å². The molecule has 1 fully saturated rings. The average molecular weight is 209 g/mol. The third-order valence-corrected chi connectivity index (χ3v) is 3.40. The molecule has 3 heteroatoms. The summed E-state index contributed by atoms with van der Waals surface area (Å²) in [5.41, 5.74) is 6.01. The first-order valence-corrected chi connectivity index (χ1v) is 5.89. The Bertz CT molecular complexity index is 273. The third kappa shape index (κ3) is 2.59. The molecule has 2 unspecified atom stereocenters. The summed E-state index contributed by atoms with van der Waals surface area (Å²) in [4.78, 5) is 11.8. The molecule has 1 heterocycles. The smallest absolute Gasteiger partial charge is 0.197 e. The Balaban J connectivity index is 1.87. The minimum atomic E-state index is 0.148. The van der Waals surface area contributed by atoms with Crippen LogP contribution in [0.15, 0.2) is 11.8 Å². The van der Waals surface area contributed by atoms with E-state index in [4.69, 9.17) is 10.5 Å². The Morgan fingerprint density at radius 1 is 1.47 bits per heavy atom. The lowest BCUT2D eigenvalue weighted by Gasteiger charge is -2.27. The highest BCUT2D eigenvalue weighted by Crippen LogP contribution is 2.27. The fourth-order valence-electron chi connectivity index (χ4n) is 2.44. The van der Waals surface area contributed by atoms with Gasteiger partial charge in [-0.1, -0.05) is 12.8 Å². The van der Waals surface area contributed by atoms with E-state index < -0.39 is 0 Å². The van der Waals surface area contributed by atoms with Gasteiger partial charge < -0.3 is 10.5 Å². The number of carbonyl (C=O) groups is 1. The van der Waals surface area contributed by atoms with Crippen molar-refractivity contribution in [2.24, 2.45) is 11.7 Å². The molecule has 0 aromatic carbocycles. The summed E-state index contributed by atoms with van der Waals surface area (Å²) >= 11 is 0. The van der Waals surface area contributed by atoms with Crippen LogP contribution >= 0.6 is 0 Å². The average Bonchev–Trinajstić information content (AvgIpc) is 2.74. The normalized spacial score (nSPS) is 30.9. The topological polar surface area (TPSA) is 52.3 Å². The number of ether oxygens (including phenoxy) is 1. The van der Waals surface area contributed by atoms with Gasteiger partial charge in [-0.25, -0.2) is 0 Å². The minimum absolute atomic E-state index is 0.148. The predicted octanol–water partition coefficient (Wildman–Crippen LogP) is 1.77. The summed E-state index contributed by atoms with van der Waals surface area (Å²) in [6.45, 7) is 0.664. The molecule has 0 saturated heterocycles. The monoisotopic (exact) mass is 209 g/mol. The summed E-state index contributed by atoms with van der Waals surface area (Å²) in [6, 6.07) is 0.213. The molecule has 2 rings (SSSR count). The Morgan fingerprint density at radius 2 is 2.27 bits per heavy atom. The molecule has 3 nitrogen and oxygen atoms in total. The molecule has 2 aliphatic rings. The van der Waals surface area contributed by atoms with Gasteiger partial charge in [0.1, 0.15) is 0 Å². The lowest BCUT2D eigenvalue weighted by atomic mass is 9.82. The number of rotatable bonds is 3. The first kappa shape index (κ1) is 10.7. The van der Waals surface area contributed by atoms with Crippen LogP contribution in [0.3, 0.4) is 0 Å². The standard InChI is InChI=1S/C12H19NO2/c13-10-5-2-1-4-9(10)8-11(14)12-6-3-7-15-12/h6,9-10H,1-5,7-8,13H2. The van der Waals surface area contributed by atoms with E-state index in [9.17, 15) is 4.79 Å². The number of nitrogens with two attached hydrogens (primary N) is 1. The largest absolute Gasteiger partial charge is 0.490 e. The molecule has 2 atom stereocenters. The predicted molar refractivity (Wildman–Crippen MR) is 58.2 cm³/mol. The molecule has 1 saturated carbocycles. The zero-order valence-electron chi connectivity index (χ0n) is 9.08. The number of allylic oxidation sites excluding steroid dienone is 1. The third-order valence-electron chi connectivity index (χ3n) is 3.40. The van der Waals surface area contributed by atoms with E-state index >= 15 is 0 Å². The Labute approximate surface area is 90.7 Å². The molecule has 2 N–H and O–H groups in total. The molecule has 1 aliphatic carbocycles. The summed E-state index contributed by atoms with van der Waals surface area (Å²) in [6.07, 6.45) is 7.94. The zero-order valence-corrected chi connectivity index (χ0v) is 9.08. The highest BCUT2D eigenvalue weighted by atomic mass is 16.5. The molecule has 1 aliphatic heterocycles. The van der Waals surface area contributed by atoms with Crippen LogP contribution in [0.25, 0.3) is 0 Å². The first-order chi connectivity index (χ1) is 7.27. The lowest BCUT2D eigenvalue weighted by Crippen LogP contribution is -2.34. The fraction of sp³-hybridized carbons (Fsp3) is 0.750. The van der Waals surface area contributed by atoms with Crippen LogP contribution < -0.4 is 5.73 Å². The van der Waals surface area contributed by atoms with Crippen LogP contribution in [0.1, 0.15) is 38.5 Å². The van der Waals surface area contributed by atoms with Gasteiger partial charge >= 0.3 is 0 Å². The number of hydrogen-bond acceptors (Lipinski definition) is 3. The summed E-state index contributed by atoms with van der Waals surface area (Å²) in [5.74, 6) is 1.10. The SMILES string of the molecule is NC1CCCCC1CC(=O)C1=CCCO1. The van der Waals surface area contributed by atoms with Crippen LogP contribution in [0.4, 0.5) is 0 Å². The van der Waals surface area contributed by atoms with Crippen molar-refractivity contribution in [3.8, 4) is 0 Å². The van der Waals surface area contributed by atoms with Crippen molar-refractivity contribution in [3.05, 3.63) is 11.8 Å². The van der Waals surface area contributed by atoms with Gasteiger partial charge in [0.05, 0.1) is 6.61 Å². The van der Waals surface area contributed by atoms with Crippen molar-refractivity contribution in [3.63, 3.8) is 0 Å². The van der Waals surface area contributed by atoms with Crippen molar-refractivity contribution < 1.29 is 9.53 Å². The highest BCUT2D eigenvalue weighted by molar-refractivity contribution is 5.93. The minimum Gasteiger partial charge on any atom is -0.490 e. The van der Waals surface area contributed by atoms with Gasteiger partial charge in [0.15, 0.2) is 11.5 Å². The number of hydrogen-bond donors (Lipinski definition) is 1. The Kier molecular flexibility index (Phi) is 3.41. The molecule has 0 aromatic heterocycles. The highest BCUT2D eigenvalue weighted by Gasteiger charge is 2.26. The van der Waals surface area contributed by atoms with E-state index in [1.807, 2.05) is 6.08 Å². The quantitative estimate of drug-likeness (QED) is 0.770. The second-order valence-electron chi connectivity index (χ2n) is 4.54. The van der Waals surface area contributed by atoms with Gasteiger partial charge in [0.2, 0.25) is 0 Å². The van der Waals surface area contributed by atoms with Gasteiger partial charge in [0, 0.05) is 18.9 Å². The van der Waals surface area contributed by atoms with Crippen molar-refractivity contribution in [2.45, 2.75) is 44.6 Å². The second kappa shape index (κ2) is 4.79. The van der Waals surface area contributed by atoms with Gasteiger partial charge in [-0.05, 0) is 24.8 Å². The molecule has 84 valence electrons. The first-order valence-electron chi connectivity index (χ1n) is 5.89. The maximum Gasteiger partial charge on any atom is 0.197 e. The molecule has 0 bridgehead atoms. The van der Waals surface area contributed by atoms with Crippen molar-refractivity contribution in [1.82, 2.24) is 0 Å². The van der Waals surface area contributed by atoms with Crippen LogP contribution in [0.5, 0.6) is 0 Å². The Morgan fingerprint density at radius 3 is 2.93 bits per heavy atom. The lowest BCUT2D eigenvalue weighted by molar-refractivity contribution is -0.119. The van der Waals surface area contributed by atoms with E-state index in [0.29, 0.717) is 24.7 Å². The molecular formula is C12H19NO2. The number of ketones is 1. The molecule has 0 radical (unpaired) electrons. The van der Waals surface area contributed by atoms with Gasteiger partial charge in [-0.15, -0.1) is 0 Å². The van der Waals surface area contributed by atoms with E-state index in [-0.39, 0.29) is 11.8 Å². The second-order valence-corrected chi connectivity index (χ2v) is 4.54. The summed E-state index contributed by atoms with van der Waals surface area (Å²) < 4.78 is 5.26. The summed E-state index contributed by atoms with van der Waals surface area (Å²) in [5, 5.41) is 0. The fourth-order valence-corrected chi connectivity index (χ4v) is 2.44. The van der Waals surface area contributed by atoms with Crippen molar-refractivity contribution in [2.75, 3.05) is 6.61 Å². The maximum atomic E-state index is 11.8. The number of carbonyl (C=O) groups excluding carboxylic acids is 1. The zero-order chi connectivity index (χ0) is 10.7. The molecule has 0 amide bonds. The maximum absolute atomic E-state index is 11.8. The van der Waals surface area contributed by atoms with E-state index in [1.54, 1.807) is 0 Å². The molecule has 15 heavy (non-hydrogen) atoms. The van der Waals surface area contributed by atoms with Gasteiger partial charge in [-0.3, -0.25) is 4.79 Å². The van der Waals surface area contributed by atoms with Crippen LogP contribution in [0.2, 0.25) is 0 Å². The van der Waals surface area contributed by atoms with E-state index in [0.717, 1.165) is 19.3 Å². The summed E-state index contributed by atoms with van der Waals surface area (Å²) in [7, 11) is 0. The van der Waals surface area contributed by atoms with Crippen LogP contribution in [0, 0.1) is 5.92 Å². The van der Waals surface area contributed by atoms with Crippen molar-refractivity contribution >= 4 is 5.78 Å². The number of Topliss-reactive ketones (excluding diaryl/α,β-unsaturated/α-hetero) is 1.